The minimum atomic E-state index is -4.72. The van der Waals surface area contributed by atoms with Crippen molar-refractivity contribution in [2.75, 3.05) is 0 Å². The fraction of sp³-hybridized carbons (Fsp3) is 0.0909. The molecular weight excluding hydrogens is 401 g/mol. The Bertz CT molecular complexity index is 989. The lowest BCUT2D eigenvalue weighted by Gasteiger charge is -2.14. The van der Waals surface area contributed by atoms with E-state index in [1.54, 1.807) is 12.1 Å². The van der Waals surface area contributed by atoms with Gasteiger partial charge in [-0.25, -0.2) is 9.59 Å². The van der Waals surface area contributed by atoms with E-state index in [1.165, 1.54) is 25.1 Å². The second-order valence-corrected chi connectivity index (χ2v) is 5.93. The molecule has 0 heterocycles. The van der Waals surface area contributed by atoms with E-state index in [1.807, 2.05) is 0 Å². The molecule has 2 aromatic rings. The van der Waals surface area contributed by atoms with Crippen LogP contribution in [0.5, 0.6) is 11.5 Å². The van der Waals surface area contributed by atoms with E-state index in [0.29, 0.717) is 11.3 Å². The summed E-state index contributed by atoms with van der Waals surface area (Å²) in [5, 5.41) is 0. The quantitative estimate of drug-likeness (QED) is 0.260. The highest BCUT2D eigenvalue weighted by atomic mass is 19.4. The molecule has 5 nitrogen and oxygen atoms in total. The normalized spacial score (nSPS) is 11.1. The molecule has 0 N–H and O–H groups in total. The second kappa shape index (κ2) is 9.60. The monoisotopic (exact) mass is 418 g/mol. The topological polar surface area (TPSA) is 61.8 Å². The lowest BCUT2D eigenvalue weighted by molar-refractivity contribution is -0.141. The third-order valence-corrected chi connectivity index (χ3v) is 3.63. The van der Waals surface area contributed by atoms with Crippen molar-refractivity contribution in [2.24, 2.45) is 0 Å². The zero-order chi connectivity index (χ0) is 22.3. The van der Waals surface area contributed by atoms with Crippen LogP contribution in [0.4, 0.5) is 13.2 Å². The largest absolute Gasteiger partial charge is 0.462 e. The maximum atomic E-state index is 13.4. The summed E-state index contributed by atoms with van der Waals surface area (Å²) in [5.41, 5.74) is -0.115. The molecule has 0 amide bonds. The lowest BCUT2D eigenvalue weighted by atomic mass is 10.0. The Morgan fingerprint density at radius 3 is 2.20 bits per heavy atom. The zero-order valence-corrected chi connectivity index (χ0v) is 15.9. The van der Waals surface area contributed by atoms with Crippen LogP contribution >= 0.6 is 0 Å². The molecule has 0 aliphatic heterocycles. The van der Waals surface area contributed by atoms with Crippen molar-refractivity contribution in [1.82, 2.24) is 0 Å². The van der Waals surface area contributed by atoms with Crippen LogP contribution in [0, 0.1) is 0 Å². The average molecular weight is 418 g/mol. The van der Waals surface area contributed by atoms with E-state index in [0.717, 1.165) is 30.7 Å². The van der Waals surface area contributed by atoms with Crippen molar-refractivity contribution in [2.45, 2.75) is 13.1 Å². The fourth-order valence-electron chi connectivity index (χ4n) is 2.19. The molecule has 30 heavy (non-hydrogen) atoms. The molecule has 156 valence electrons. The van der Waals surface area contributed by atoms with Crippen molar-refractivity contribution >= 4 is 11.9 Å². The van der Waals surface area contributed by atoms with Gasteiger partial charge in [0.15, 0.2) is 0 Å². The average Bonchev–Trinajstić information content (AvgIpc) is 2.70. The number of esters is 2. The molecule has 8 heteroatoms. The van der Waals surface area contributed by atoms with Crippen molar-refractivity contribution in [1.29, 1.82) is 0 Å². The van der Waals surface area contributed by atoms with Gasteiger partial charge in [0.05, 0.1) is 5.56 Å². The number of benzene rings is 2. The van der Waals surface area contributed by atoms with Crippen LogP contribution in [0.25, 0.3) is 11.1 Å². The highest BCUT2D eigenvalue weighted by molar-refractivity contribution is 5.87. The molecular formula is C22H17F3O5. The molecule has 2 rings (SSSR count). The van der Waals surface area contributed by atoms with Crippen LogP contribution in [0.2, 0.25) is 0 Å². The highest BCUT2D eigenvalue weighted by Gasteiger charge is 2.35. The van der Waals surface area contributed by atoms with Gasteiger partial charge < -0.3 is 14.2 Å². The van der Waals surface area contributed by atoms with E-state index in [-0.39, 0.29) is 11.1 Å². The maximum Gasteiger partial charge on any atom is 0.420 e. The number of halogens is 3. The van der Waals surface area contributed by atoms with E-state index < -0.39 is 29.4 Å². The van der Waals surface area contributed by atoms with Crippen LogP contribution in [0.3, 0.4) is 0 Å². The van der Waals surface area contributed by atoms with Crippen molar-refractivity contribution in [3.8, 4) is 22.6 Å². The van der Waals surface area contributed by atoms with Gasteiger partial charge in [-0.15, -0.1) is 0 Å². The Morgan fingerprint density at radius 2 is 1.63 bits per heavy atom. The molecule has 0 aliphatic rings. The Labute approximate surface area is 170 Å². The summed E-state index contributed by atoms with van der Waals surface area (Å²) < 4.78 is 54.7. The molecule has 0 saturated carbocycles. The molecule has 0 aromatic heterocycles. The minimum Gasteiger partial charge on any atom is -0.462 e. The predicted molar refractivity (Wildman–Crippen MR) is 103 cm³/mol. The Hall–Kier alpha value is -3.81. The summed E-state index contributed by atoms with van der Waals surface area (Å²) in [4.78, 5) is 22.5. The van der Waals surface area contributed by atoms with Gasteiger partial charge in [-0.05, 0) is 42.3 Å². The maximum absolute atomic E-state index is 13.4. The van der Waals surface area contributed by atoms with Crippen molar-refractivity contribution < 1.29 is 37.0 Å². The van der Waals surface area contributed by atoms with Crippen LogP contribution in [0.1, 0.15) is 12.5 Å². The molecule has 0 unspecified atom stereocenters. The number of carbonyl (C=O) groups is 2. The predicted octanol–water partition coefficient (Wildman–Crippen LogP) is 5.43. The summed E-state index contributed by atoms with van der Waals surface area (Å²) in [7, 11) is 0. The zero-order valence-electron chi connectivity index (χ0n) is 15.9. The van der Waals surface area contributed by atoms with E-state index in [9.17, 15) is 22.8 Å². The number of ether oxygens (including phenoxy) is 3. The summed E-state index contributed by atoms with van der Waals surface area (Å²) in [6.45, 7) is 8.09. The van der Waals surface area contributed by atoms with Gasteiger partial charge in [0.1, 0.15) is 24.0 Å². The SMILES string of the molecule is C=CC(=O)Oc1ccc(-c2ccc(O/C=C\OC(=O)C(=C)C)cc2)cc1C(F)(F)F. The van der Waals surface area contributed by atoms with Crippen LogP contribution < -0.4 is 9.47 Å². The molecule has 2 aromatic carbocycles. The number of alkyl halides is 3. The first-order chi connectivity index (χ1) is 14.1. The second-order valence-electron chi connectivity index (χ2n) is 5.93. The summed E-state index contributed by atoms with van der Waals surface area (Å²) in [6.07, 6.45) is -1.76. The molecule has 0 aliphatic carbocycles. The summed E-state index contributed by atoms with van der Waals surface area (Å²) in [6, 6.07) is 9.51. The van der Waals surface area contributed by atoms with Gasteiger partial charge in [0.25, 0.3) is 0 Å². The van der Waals surface area contributed by atoms with Crippen LogP contribution in [0.15, 0.2) is 79.8 Å². The Morgan fingerprint density at radius 1 is 1.00 bits per heavy atom. The van der Waals surface area contributed by atoms with Crippen LogP contribution in [-0.4, -0.2) is 11.9 Å². The Kier molecular flexibility index (Phi) is 7.19. The first kappa shape index (κ1) is 22.5. The van der Waals surface area contributed by atoms with Gasteiger partial charge in [-0.3, -0.25) is 0 Å². The summed E-state index contributed by atoms with van der Waals surface area (Å²) >= 11 is 0. The smallest absolute Gasteiger partial charge is 0.420 e. The van der Waals surface area contributed by atoms with E-state index in [2.05, 4.69) is 17.9 Å². The number of hydrogen-bond acceptors (Lipinski definition) is 5. The molecule has 0 spiro atoms. The van der Waals surface area contributed by atoms with E-state index in [4.69, 9.17) is 9.47 Å². The van der Waals surface area contributed by atoms with Gasteiger partial charge in [0, 0.05) is 11.6 Å². The van der Waals surface area contributed by atoms with Gasteiger partial charge in [0.2, 0.25) is 0 Å². The fourth-order valence-corrected chi connectivity index (χ4v) is 2.19. The number of carbonyl (C=O) groups excluding carboxylic acids is 2. The number of rotatable bonds is 7. The molecule has 0 fully saturated rings. The Balaban J connectivity index is 2.18. The molecule has 0 radical (unpaired) electrons. The lowest BCUT2D eigenvalue weighted by Crippen LogP contribution is -2.12. The minimum absolute atomic E-state index is 0.229. The molecule has 0 saturated heterocycles. The first-order valence-electron chi connectivity index (χ1n) is 8.46. The summed E-state index contributed by atoms with van der Waals surface area (Å²) in [5.74, 6) is -1.83. The van der Waals surface area contributed by atoms with Crippen molar-refractivity contribution in [3.63, 3.8) is 0 Å². The van der Waals surface area contributed by atoms with Gasteiger partial charge in [-0.2, -0.15) is 13.2 Å². The first-order valence-corrected chi connectivity index (χ1v) is 8.46. The third-order valence-electron chi connectivity index (χ3n) is 3.63. The number of hydrogen-bond donors (Lipinski definition) is 0. The van der Waals surface area contributed by atoms with Crippen LogP contribution in [-0.2, 0) is 20.5 Å². The van der Waals surface area contributed by atoms with Crippen molar-refractivity contribution in [3.05, 3.63) is 85.4 Å². The molecule has 0 bridgehead atoms. The standard InChI is InChI=1S/C22H17F3O5/c1-4-20(26)30-19-10-7-16(13-18(19)22(23,24)25)15-5-8-17(9-6-15)28-11-12-29-21(27)14(2)3/h4-13H,1-2H2,3H3/b12-11-. The van der Waals surface area contributed by atoms with Gasteiger partial charge >= 0.3 is 18.1 Å². The highest BCUT2D eigenvalue weighted by Crippen LogP contribution is 2.39. The molecule has 0 atom stereocenters. The van der Waals surface area contributed by atoms with E-state index >= 15 is 0 Å². The third kappa shape index (κ3) is 6.10. The van der Waals surface area contributed by atoms with Gasteiger partial charge in [-0.1, -0.05) is 31.4 Å².